The zero-order valence-electron chi connectivity index (χ0n) is 15.7. The Labute approximate surface area is 163 Å². The van der Waals surface area contributed by atoms with Crippen LogP contribution in [0.5, 0.6) is 5.75 Å². The summed E-state index contributed by atoms with van der Waals surface area (Å²) in [5.74, 6) is 1.78. The van der Waals surface area contributed by atoms with Crippen LogP contribution in [-0.4, -0.2) is 57.5 Å². The number of nitrogens with zero attached hydrogens (tertiary/aromatic N) is 5. The first kappa shape index (κ1) is 17.0. The summed E-state index contributed by atoms with van der Waals surface area (Å²) >= 11 is 0. The molecule has 2 aliphatic rings. The fourth-order valence-corrected chi connectivity index (χ4v) is 4.05. The molecule has 1 unspecified atom stereocenters. The maximum Gasteiger partial charge on any atom is 0.254 e. The van der Waals surface area contributed by atoms with Crippen LogP contribution in [0.2, 0.25) is 0 Å². The van der Waals surface area contributed by atoms with Gasteiger partial charge < -0.3 is 18.9 Å². The van der Waals surface area contributed by atoms with Crippen LogP contribution in [0.1, 0.15) is 29.6 Å². The number of fused-ring (bicyclic) bond motifs is 1. The minimum Gasteiger partial charge on any atom is -0.485 e. The average molecular weight is 377 g/mol. The van der Waals surface area contributed by atoms with Gasteiger partial charge in [0.25, 0.3) is 5.91 Å². The van der Waals surface area contributed by atoms with Crippen molar-refractivity contribution in [3.8, 4) is 5.75 Å². The number of anilines is 1. The van der Waals surface area contributed by atoms with Crippen LogP contribution in [-0.2, 0) is 0 Å². The standard InChI is InChI=1S/C21H23N5O2/c27-21(16-5-11-24-13-8-22-19(24)14-16)26-12-6-17(15-26)28-18-4-3-7-23-20(18)25-9-1-2-10-25/h3-5,7-8,11,13-14,17H,1-2,6,9-10,12,15H2. The van der Waals surface area contributed by atoms with Gasteiger partial charge in [0.1, 0.15) is 11.8 Å². The van der Waals surface area contributed by atoms with Crippen molar-refractivity contribution in [2.75, 3.05) is 31.1 Å². The molecule has 2 fully saturated rings. The average Bonchev–Trinajstić information content (AvgIpc) is 3.48. The van der Waals surface area contributed by atoms with Gasteiger partial charge >= 0.3 is 0 Å². The lowest BCUT2D eigenvalue weighted by Gasteiger charge is -2.22. The van der Waals surface area contributed by atoms with E-state index < -0.39 is 0 Å². The Bertz CT molecular complexity index is 995. The number of carbonyl (C=O) groups is 1. The smallest absolute Gasteiger partial charge is 0.254 e. The van der Waals surface area contributed by atoms with Crippen LogP contribution in [0.15, 0.2) is 49.1 Å². The Morgan fingerprint density at radius 3 is 2.86 bits per heavy atom. The van der Waals surface area contributed by atoms with Crippen molar-refractivity contribution >= 4 is 17.4 Å². The molecule has 0 aliphatic carbocycles. The lowest BCUT2D eigenvalue weighted by molar-refractivity contribution is 0.0772. The summed E-state index contributed by atoms with van der Waals surface area (Å²) < 4.78 is 8.18. The first-order valence-corrected chi connectivity index (χ1v) is 9.86. The molecular weight excluding hydrogens is 354 g/mol. The Morgan fingerprint density at radius 1 is 1.07 bits per heavy atom. The number of hydrogen-bond donors (Lipinski definition) is 0. The molecule has 0 spiro atoms. The molecule has 3 aromatic rings. The number of carbonyl (C=O) groups excluding carboxylic acids is 1. The molecule has 0 aromatic carbocycles. The van der Waals surface area contributed by atoms with Crippen LogP contribution < -0.4 is 9.64 Å². The second-order valence-corrected chi connectivity index (χ2v) is 7.41. The Hall–Kier alpha value is -3.09. The topological polar surface area (TPSA) is 63.0 Å². The molecule has 7 nitrogen and oxygen atoms in total. The van der Waals surface area contributed by atoms with Gasteiger partial charge in [0.2, 0.25) is 0 Å². The van der Waals surface area contributed by atoms with Crippen LogP contribution in [0.4, 0.5) is 5.82 Å². The van der Waals surface area contributed by atoms with Gasteiger partial charge in [-0.3, -0.25) is 4.79 Å². The molecule has 2 saturated heterocycles. The van der Waals surface area contributed by atoms with E-state index in [1.807, 2.05) is 52.2 Å². The third-order valence-electron chi connectivity index (χ3n) is 5.53. The summed E-state index contributed by atoms with van der Waals surface area (Å²) in [5, 5.41) is 0. The fourth-order valence-electron chi connectivity index (χ4n) is 4.05. The minimum atomic E-state index is -0.00957. The number of aromatic nitrogens is 3. The predicted molar refractivity (Wildman–Crippen MR) is 106 cm³/mol. The number of pyridine rings is 2. The number of likely N-dealkylation sites (tertiary alicyclic amines) is 1. The molecule has 5 heterocycles. The lowest BCUT2D eigenvalue weighted by atomic mass is 10.2. The van der Waals surface area contributed by atoms with E-state index in [1.54, 1.807) is 6.20 Å². The lowest BCUT2D eigenvalue weighted by Crippen LogP contribution is -2.31. The zero-order chi connectivity index (χ0) is 18.9. The first-order chi connectivity index (χ1) is 13.8. The van der Waals surface area contributed by atoms with Crippen molar-refractivity contribution in [1.29, 1.82) is 0 Å². The highest BCUT2D eigenvalue weighted by Crippen LogP contribution is 2.30. The highest BCUT2D eigenvalue weighted by Gasteiger charge is 2.29. The molecule has 144 valence electrons. The Kier molecular flexibility index (Phi) is 4.35. The highest BCUT2D eigenvalue weighted by atomic mass is 16.5. The van der Waals surface area contributed by atoms with Crippen molar-refractivity contribution < 1.29 is 9.53 Å². The van der Waals surface area contributed by atoms with Gasteiger partial charge in [0.15, 0.2) is 11.6 Å². The quantitative estimate of drug-likeness (QED) is 0.699. The molecule has 0 bridgehead atoms. The summed E-state index contributed by atoms with van der Waals surface area (Å²) in [5.41, 5.74) is 1.45. The molecule has 5 rings (SSSR count). The number of ether oxygens (including phenoxy) is 1. The summed E-state index contributed by atoms with van der Waals surface area (Å²) in [6.07, 6.45) is 10.5. The maximum absolute atomic E-state index is 12.9. The second-order valence-electron chi connectivity index (χ2n) is 7.41. The second kappa shape index (κ2) is 7.14. The van der Waals surface area contributed by atoms with E-state index in [2.05, 4.69) is 14.9 Å². The molecule has 0 saturated carbocycles. The molecule has 2 aliphatic heterocycles. The van der Waals surface area contributed by atoms with Crippen LogP contribution in [0, 0.1) is 0 Å². The third kappa shape index (κ3) is 3.17. The Balaban J connectivity index is 1.28. The van der Waals surface area contributed by atoms with Crippen molar-refractivity contribution in [3.05, 3.63) is 54.6 Å². The summed E-state index contributed by atoms with van der Waals surface area (Å²) in [6, 6.07) is 7.57. The van der Waals surface area contributed by atoms with E-state index in [0.717, 1.165) is 36.7 Å². The van der Waals surface area contributed by atoms with Gasteiger partial charge in [-0.1, -0.05) is 0 Å². The van der Waals surface area contributed by atoms with Crippen molar-refractivity contribution in [2.45, 2.75) is 25.4 Å². The minimum absolute atomic E-state index is 0.00957. The molecular formula is C21H23N5O2. The van der Waals surface area contributed by atoms with E-state index in [4.69, 9.17) is 4.74 Å². The van der Waals surface area contributed by atoms with Crippen molar-refractivity contribution in [1.82, 2.24) is 19.3 Å². The number of imidazole rings is 1. The predicted octanol–water partition coefficient (Wildman–Crippen LogP) is 2.62. The zero-order valence-corrected chi connectivity index (χ0v) is 15.7. The largest absolute Gasteiger partial charge is 0.485 e. The SMILES string of the molecule is O=C(c1ccn2ccnc2c1)N1CCC(Oc2cccnc2N2CCCC2)C1. The van der Waals surface area contributed by atoms with Gasteiger partial charge in [-0.05, 0) is 37.1 Å². The maximum atomic E-state index is 12.9. The van der Waals surface area contributed by atoms with Gasteiger partial charge in [-0.25, -0.2) is 9.97 Å². The number of rotatable bonds is 4. The molecule has 3 aromatic heterocycles. The summed E-state index contributed by atoms with van der Waals surface area (Å²) in [6.45, 7) is 3.34. The van der Waals surface area contributed by atoms with Gasteiger partial charge in [-0.15, -0.1) is 0 Å². The molecule has 1 amide bonds. The summed E-state index contributed by atoms with van der Waals surface area (Å²) in [7, 11) is 0. The van der Waals surface area contributed by atoms with E-state index in [0.29, 0.717) is 18.7 Å². The van der Waals surface area contributed by atoms with Crippen LogP contribution in [0.3, 0.4) is 0 Å². The van der Waals surface area contributed by atoms with Gasteiger partial charge in [0.05, 0.1) is 6.54 Å². The Morgan fingerprint density at radius 2 is 1.96 bits per heavy atom. The van der Waals surface area contributed by atoms with Crippen molar-refractivity contribution in [2.24, 2.45) is 0 Å². The molecule has 28 heavy (non-hydrogen) atoms. The first-order valence-electron chi connectivity index (χ1n) is 9.86. The highest BCUT2D eigenvalue weighted by molar-refractivity contribution is 5.95. The van der Waals surface area contributed by atoms with Crippen molar-refractivity contribution in [3.63, 3.8) is 0 Å². The molecule has 0 N–H and O–H groups in total. The molecule has 7 heteroatoms. The van der Waals surface area contributed by atoms with E-state index in [1.165, 1.54) is 12.8 Å². The van der Waals surface area contributed by atoms with E-state index >= 15 is 0 Å². The summed E-state index contributed by atoms with van der Waals surface area (Å²) in [4.78, 5) is 25.9. The normalized spacial score (nSPS) is 19.5. The number of hydrogen-bond acceptors (Lipinski definition) is 5. The third-order valence-corrected chi connectivity index (χ3v) is 5.53. The van der Waals surface area contributed by atoms with Gasteiger partial charge in [0, 0.05) is 56.4 Å². The van der Waals surface area contributed by atoms with E-state index in [9.17, 15) is 4.79 Å². The van der Waals surface area contributed by atoms with E-state index in [-0.39, 0.29) is 12.0 Å². The monoisotopic (exact) mass is 377 g/mol. The van der Waals surface area contributed by atoms with Gasteiger partial charge in [-0.2, -0.15) is 0 Å². The van der Waals surface area contributed by atoms with Crippen LogP contribution in [0.25, 0.3) is 5.65 Å². The molecule has 0 radical (unpaired) electrons. The fraction of sp³-hybridized carbons (Fsp3) is 0.381. The number of amides is 1. The molecule has 1 atom stereocenters. The van der Waals surface area contributed by atoms with Crippen LogP contribution >= 0.6 is 0 Å².